The number of halogens is 5. The third-order valence-electron chi connectivity index (χ3n) is 7.05. The number of hydrogen-bond acceptors (Lipinski definition) is 5. The Morgan fingerprint density at radius 2 is 1.61 bits per heavy atom. The van der Waals surface area contributed by atoms with E-state index in [2.05, 4.69) is 5.32 Å². The summed E-state index contributed by atoms with van der Waals surface area (Å²) < 4.78 is 81.8. The van der Waals surface area contributed by atoms with Crippen LogP contribution < -0.4 is 19.5 Å². The highest BCUT2D eigenvalue weighted by atomic mass is 19.4. The van der Waals surface area contributed by atoms with Crippen LogP contribution >= 0.6 is 0 Å². The lowest BCUT2D eigenvalue weighted by Gasteiger charge is -2.25. The predicted molar refractivity (Wildman–Crippen MR) is 158 cm³/mol. The predicted octanol–water partition coefficient (Wildman–Crippen LogP) is 7.94. The highest BCUT2D eigenvalue weighted by Crippen LogP contribution is 2.34. The van der Waals surface area contributed by atoms with E-state index in [4.69, 9.17) is 14.2 Å². The molecule has 11 heteroatoms. The van der Waals surface area contributed by atoms with Crippen LogP contribution in [0, 0.1) is 0 Å². The number of benzene rings is 4. The van der Waals surface area contributed by atoms with Gasteiger partial charge in [0.25, 0.3) is 12.3 Å². The van der Waals surface area contributed by atoms with Gasteiger partial charge in [-0.15, -0.1) is 0 Å². The summed E-state index contributed by atoms with van der Waals surface area (Å²) in [6.45, 7) is 1.92. The van der Waals surface area contributed by atoms with Gasteiger partial charge in [-0.3, -0.25) is 9.69 Å². The maximum absolute atomic E-state index is 13.4. The Hall–Kier alpha value is -4.38. The van der Waals surface area contributed by atoms with Crippen LogP contribution in [0.1, 0.15) is 34.8 Å². The third-order valence-corrected chi connectivity index (χ3v) is 7.05. The Labute approximate surface area is 252 Å². The van der Waals surface area contributed by atoms with Crippen LogP contribution in [0.15, 0.2) is 78.9 Å². The lowest BCUT2D eigenvalue weighted by molar-refractivity contribution is -0.137. The van der Waals surface area contributed by atoms with E-state index >= 15 is 0 Å². The second-order valence-electron chi connectivity index (χ2n) is 10.3. The average Bonchev–Trinajstić information content (AvgIpc) is 2.99. The Balaban J connectivity index is 1.39. The third kappa shape index (κ3) is 8.59. The van der Waals surface area contributed by atoms with Gasteiger partial charge in [-0.2, -0.15) is 13.2 Å². The molecule has 0 aliphatic heterocycles. The van der Waals surface area contributed by atoms with Crippen LogP contribution in [0.2, 0.25) is 0 Å². The smallest absolute Gasteiger partial charge is 0.416 e. The molecule has 4 aromatic carbocycles. The molecule has 0 aromatic heterocycles. The number of amides is 1. The van der Waals surface area contributed by atoms with E-state index < -0.39 is 24.7 Å². The highest BCUT2D eigenvalue weighted by molar-refractivity contribution is 6.00. The molecular weight excluding hydrogens is 583 g/mol. The van der Waals surface area contributed by atoms with Gasteiger partial charge in [0.15, 0.2) is 0 Å². The molecule has 4 rings (SSSR count). The van der Waals surface area contributed by atoms with E-state index in [1.54, 1.807) is 59.5 Å². The Morgan fingerprint density at radius 1 is 0.886 bits per heavy atom. The number of rotatable bonds is 13. The first-order valence-corrected chi connectivity index (χ1v) is 13.9. The lowest BCUT2D eigenvalue weighted by Crippen LogP contribution is -2.37. The molecule has 44 heavy (non-hydrogen) atoms. The van der Waals surface area contributed by atoms with E-state index in [0.717, 1.165) is 17.7 Å². The molecule has 6 nitrogen and oxygen atoms in total. The Morgan fingerprint density at radius 3 is 2.27 bits per heavy atom. The minimum atomic E-state index is -4.44. The summed E-state index contributed by atoms with van der Waals surface area (Å²) >= 11 is 0. The summed E-state index contributed by atoms with van der Waals surface area (Å²) in [5.74, 6) is 1.47. The first-order valence-electron chi connectivity index (χ1n) is 13.9. The Kier molecular flexibility index (Phi) is 10.6. The van der Waals surface area contributed by atoms with Gasteiger partial charge in [0.1, 0.15) is 23.0 Å². The SMILES string of the molecule is COc1ccc(CN(CCC(C)NC(=O)c2ccc3c(Oc4ccc(C(F)(F)F)cc4)cccc3c2)CC(F)F)c(OC)c1. The van der Waals surface area contributed by atoms with Crippen molar-refractivity contribution in [1.29, 1.82) is 0 Å². The molecule has 0 bridgehead atoms. The Bertz CT molecular complexity index is 1560. The first-order chi connectivity index (χ1) is 21.0. The van der Waals surface area contributed by atoms with Crippen molar-refractivity contribution >= 4 is 16.7 Å². The molecule has 0 fully saturated rings. The van der Waals surface area contributed by atoms with Crippen molar-refractivity contribution in [3.05, 3.63) is 95.6 Å². The summed E-state index contributed by atoms with van der Waals surface area (Å²) in [4.78, 5) is 14.7. The fourth-order valence-electron chi connectivity index (χ4n) is 4.73. The normalized spacial score (nSPS) is 12.4. The van der Waals surface area contributed by atoms with Crippen LogP contribution in [0.3, 0.4) is 0 Å². The van der Waals surface area contributed by atoms with Crippen LogP contribution in [-0.4, -0.2) is 50.6 Å². The maximum Gasteiger partial charge on any atom is 0.416 e. The van der Waals surface area contributed by atoms with Gasteiger partial charge < -0.3 is 19.5 Å². The number of carbonyl (C=O) groups excluding carboxylic acids is 1. The zero-order chi connectivity index (χ0) is 31.9. The number of carbonyl (C=O) groups is 1. The van der Waals surface area contributed by atoms with E-state index in [9.17, 15) is 26.7 Å². The van der Waals surface area contributed by atoms with Gasteiger partial charge in [-0.05, 0) is 73.3 Å². The standard InChI is InChI=1S/C33H33F5N2O4/c1-21(15-16-40(20-31(34)35)19-24-7-11-27(42-2)18-30(24)43-3)39-32(41)23-8-14-28-22(17-23)5-4-6-29(28)44-26-12-9-25(10-13-26)33(36,37)38/h4-14,17-18,21,31H,15-16,19-20H2,1-3H3,(H,39,41). The fraction of sp³-hybridized carbons (Fsp3) is 0.303. The van der Waals surface area contributed by atoms with Crippen molar-refractivity contribution in [2.24, 2.45) is 0 Å². The van der Waals surface area contributed by atoms with E-state index in [-0.39, 0.29) is 24.2 Å². The lowest BCUT2D eigenvalue weighted by atomic mass is 10.1. The summed E-state index contributed by atoms with van der Waals surface area (Å²) in [6, 6.07) is 19.6. The molecular formula is C33H33F5N2O4. The number of alkyl halides is 5. The second kappa shape index (κ2) is 14.4. The number of nitrogens with one attached hydrogen (secondary N) is 1. The molecule has 1 N–H and O–H groups in total. The van der Waals surface area contributed by atoms with Gasteiger partial charge in [0.05, 0.1) is 26.3 Å². The minimum absolute atomic E-state index is 0.236. The fourth-order valence-corrected chi connectivity index (χ4v) is 4.73. The summed E-state index contributed by atoms with van der Waals surface area (Å²) in [5.41, 5.74) is 0.360. The molecule has 0 radical (unpaired) electrons. The van der Waals surface area contributed by atoms with Gasteiger partial charge in [-0.1, -0.05) is 18.2 Å². The first kappa shape index (κ1) is 32.5. The summed E-state index contributed by atoms with van der Waals surface area (Å²) in [6.07, 6.45) is -6.55. The molecule has 0 aliphatic rings. The maximum atomic E-state index is 13.4. The molecule has 1 atom stereocenters. The average molecular weight is 617 g/mol. The summed E-state index contributed by atoms with van der Waals surface area (Å²) in [5, 5.41) is 4.30. The van der Waals surface area contributed by atoms with E-state index in [1.165, 1.54) is 26.4 Å². The monoisotopic (exact) mass is 616 g/mol. The molecule has 0 spiro atoms. The van der Waals surface area contributed by atoms with Crippen LogP contribution in [-0.2, 0) is 12.7 Å². The number of fused-ring (bicyclic) bond motifs is 1. The van der Waals surface area contributed by atoms with Crippen molar-refractivity contribution in [1.82, 2.24) is 10.2 Å². The van der Waals surface area contributed by atoms with Crippen LogP contribution in [0.25, 0.3) is 10.8 Å². The molecule has 0 aliphatic carbocycles. The van der Waals surface area contributed by atoms with Crippen molar-refractivity contribution in [3.8, 4) is 23.0 Å². The zero-order valence-electron chi connectivity index (χ0n) is 24.5. The van der Waals surface area contributed by atoms with Crippen molar-refractivity contribution < 1.29 is 41.0 Å². The molecule has 234 valence electrons. The largest absolute Gasteiger partial charge is 0.497 e. The molecule has 4 aromatic rings. The quantitative estimate of drug-likeness (QED) is 0.155. The van der Waals surface area contributed by atoms with Gasteiger partial charge in [0.2, 0.25) is 0 Å². The minimum Gasteiger partial charge on any atom is -0.497 e. The number of ether oxygens (including phenoxy) is 3. The highest BCUT2D eigenvalue weighted by Gasteiger charge is 2.30. The van der Waals surface area contributed by atoms with Crippen LogP contribution in [0.4, 0.5) is 22.0 Å². The molecule has 0 saturated carbocycles. The van der Waals surface area contributed by atoms with Crippen molar-refractivity contribution in [3.63, 3.8) is 0 Å². The molecule has 1 unspecified atom stereocenters. The van der Waals surface area contributed by atoms with Crippen LogP contribution in [0.5, 0.6) is 23.0 Å². The van der Waals surface area contributed by atoms with Gasteiger partial charge >= 0.3 is 6.18 Å². The molecule has 0 heterocycles. The number of methoxy groups -OCH3 is 2. The van der Waals surface area contributed by atoms with E-state index in [0.29, 0.717) is 46.6 Å². The van der Waals surface area contributed by atoms with Crippen molar-refractivity contribution in [2.75, 3.05) is 27.3 Å². The summed E-state index contributed by atoms with van der Waals surface area (Å²) in [7, 11) is 3.04. The van der Waals surface area contributed by atoms with Gasteiger partial charge in [-0.25, -0.2) is 8.78 Å². The van der Waals surface area contributed by atoms with Gasteiger partial charge in [0, 0.05) is 41.7 Å². The van der Waals surface area contributed by atoms with E-state index in [1.807, 2.05) is 6.92 Å². The number of nitrogens with zero attached hydrogens (tertiary/aromatic N) is 1. The second-order valence-corrected chi connectivity index (χ2v) is 10.3. The topological polar surface area (TPSA) is 60.0 Å². The zero-order valence-corrected chi connectivity index (χ0v) is 24.5. The molecule has 0 saturated heterocycles. The number of hydrogen-bond donors (Lipinski definition) is 1. The molecule has 1 amide bonds. The van der Waals surface area contributed by atoms with Crippen molar-refractivity contribution in [2.45, 2.75) is 38.5 Å².